The van der Waals surface area contributed by atoms with E-state index in [0.29, 0.717) is 6.42 Å². The SMILES string of the molecule is CCCC(C(=O)O)S(=O)(=O)c1ccccc1[N+](=O)[O-]. The molecule has 1 rings (SSSR count). The number of carboxylic acids is 1. The summed E-state index contributed by atoms with van der Waals surface area (Å²) < 4.78 is 24.4. The molecule has 1 aromatic rings. The van der Waals surface area contributed by atoms with Crippen LogP contribution in [0, 0.1) is 10.1 Å². The van der Waals surface area contributed by atoms with Crippen LogP contribution in [0.25, 0.3) is 0 Å². The summed E-state index contributed by atoms with van der Waals surface area (Å²) in [6.07, 6.45) is 0.251. The van der Waals surface area contributed by atoms with Crippen LogP contribution >= 0.6 is 0 Å². The van der Waals surface area contributed by atoms with Gasteiger partial charge in [-0.05, 0) is 12.5 Å². The molecule has 0 bridgehead atoms. The molecular formula is C11H13NO6S. The van der Waals surface area contributed by atoms with Crippen molar-refractivity contribution in [3.8, 4) is 0 Å². The number of sulfone groups is 1. The van der Waals surface area contributed by atoms with Crippen LogP contribution in [0.3, 0.4) is 0 Å². The van der Waals surface area contributed by atoms with Crippen LogP contribution in [0.4, 0.5) is 5.69 Å². The minimum absolute atomic E-state index is 0.0935. The zero-order valence-corrected chi connectivity index (χ0v) is 11.0. The number of aliphatic carboxylic acids is 1. The smallest absolute Gasteiger partial charge is 0.322 e. The Morgan fingerprint density at radius 1 is 1.42 bits per heavy atom. The number of carbonyl (C=O) groups is 1. The molecule has 104 valence electrons. The van der Waals surface area contributed by atoms with E-state index in [-0.39, 0.29) is 6.42 Å². The fraction of sp³-hybridized carbons (Fsp3) is 0.364. The molecule has 0 aliphatic carbocycles. The topological polar surface area (TPSA) is 115 Å². The summed E-state index contributed by atoms with van der Waals surface area (Å²) >= 11 is 0. The fourth-order valence-corrected chi connectivity index (χ4v) is 3.50. The van der Waals surface area contributed by atoms with Crippen LogP contribution in [0.2, 0.25) is 0 Å². The van der Waals surface area contributed by atoms with Crippen molar-refractivity contribution in [2.75, 3.05) is 0 Å². The van der Waals surface area contributed by atoms with Crippen LogP contribution in [-0.4, -0.2) is 29.7 Å². The summed E-state index contributed by atoms with van der Waals surface area (Å²) in [5, 5.41) is 18.1. The van der Waals surface area contributed by atoms with Gasteiger partial charge in [-0.25, -0.2) is 8.42 Å². The van der Waals surface area contributed by atoms with Crippen LogP contribution in [-0.2, 0) is 14.6 Å². The van der Waals surface area contributed by atoms with Gasteiger partial charge in [0.1, 0.15) is 4.90 Å². The van der Waals surface area contributed by atoms with Crippen LogP contribution < -0.4 is 0 Å². The summed E-state index contributed by atoms with van der Waals surface area (Å²) in [6, 6.07) is 4.74. The van der Waals surface area contributed by atoms with Crippen molar-refractivity contribution in [1.82, 2.24) is 0 Å². The Morgan fingerprint density at radius 2 is 2.00 bits per heavy atom. The number of para-hydroxylation sites is 1. The normalized spacial score (nSPS) is 12.9. The highest BCUT2D eigenvalue weighted by Gasteiger charge is 2.37. The zero-order chi connectivity index (χ0) is 14.6. The molecule has 1 N–H and O–H groups in total. The fourth-order valence-electron chi connectivity index (χ4n) is 1.68. The van der Waals surface area contributed by atoms with E-state index < -0.39 is 36.6 Å². The van der Waals surface area contributed by atoms with Crippen LogP contribution in [0.5, 0.6) is 0 Å². The molecule has 19 heavy (non-hydrogen) atoms. The molecular weight excluding hydrogens is 274 g/mol. The predicted molar refractivity (Wildman–Crippen MR) is 66.6 cm³/mol. The quantitative estimate of drug-likeness (QED) is 0.628. The molecule has 1 unspecified atom stereocenters. The lowest BCUT2D eigenvalue weighted by molar-refractivity contribution is -0.387. The van der Waals surface area contributed by atoms with Crippen molar-refractivity contribution in [2.45, 2.75) is 29.9 Å². The molecule has 1 atom stereocenters. The third kappa shape index (κ3) is 3.08. The van der Waals surface area contributed by atoms with Gasteiger partial charge in [0.05, 0.1) is 4.92 Å². The van der Waals surface area contributed by atoms with Gasteiger partial charge in [0.15, 0.2) is 15.1 Å². The highest BCUT2D eigenvalue weighted by Crippen LogP contribution is 2.28. The molecule has 0 radical (unpaired) electrons. The summed E-state index contributed by atoms with van der Waals surface area (Å²) in [6.45, 7) is 1.64. The Morgan fingerprint density at radius 3 is 2.47 bits per heavy atom. The number of nitro benzene ring substituents is 1. The van der Waals surface area contributed by atoms with Gasteiger partial charge in [0.2, 0.25) is 0 Å². The monoisotopic (exact) mass is 287 g/mol. The van der Waals surface area contributed by atoms with Gasteiger partial charge in [0.25, 0.3) is 5.69 Å². The lowest BCUT2D eigenvalue weighted by atomic mass is 10.2. The Balaban J connectivity index is 3.42. The zero-order valence-electron chi connectivity index (χ0n) is 10.1. The molecule has 0 heterocycles. The minimum atomic E-state index is -4.28. The molecule has 0 aliphatic rings. The molecule has 8 heteroatoms. The molecule has 0 aromatic heterocycles. The van der Waals surface area contributed by atoms with E-state index in [1.165, 1.54) is 12.1 Å². The van der Waals surface area contributed by atoms with Gasteiger partial charge in [-0.3, -0.25) is 14.9 Å². The number of hydrogen-bond acceptors (Lipinski definition) is 5. The Kier molecular flexibility index (Phi) is 4.60. The summed E-state index contributed by atoms with van der Waals surface area (Å²) in [5.41, 5.74) is -0.607. The first-order chi connectivity index (χ1) is 8.82. The maximum absolute atomic E-state index is 12.2. The van der Waals surface area contributed by atoms with Crippen molar-refractivity contribution in [3.63, 3.8) is 0 Å². The second-order valence-electron chi connectivity index (χ2n) is 3.89. The van der Waals surface area contributed by atoms with Gasteiger partial charge < -0.3 is 5.11 Å². The summed E-state index contributed by atoms with van der Waals surface area (Å²) in [5.74, 6) is -1.50. The van der Waals surface area contributed by atoms with Gasteiger partial charge in [0, 0.05) is 6.07 Å². The number of rotatable bonds is 6. The number of hydrogen-bond donors (Lipinski definition) is 1. The maximum atomic E-state index is 12.2. The first-order valence-electron chi connectivity index (χ1n) is 5.52. The lowest BCUT2D eigenvalue weighted by Gasteiger charge is -2.12. The van der Waals surface area contributed by atoms with E-state index in [9.17, 15) is 23.3 Å². The van der Waals surface area contributed by atoms with Gasteiger partial charge in [-0.1, -0.05) is 25.5 Å². The molecule has 0 amide bonds. The average Bonchev–Trinajstić information content (AvgIpc) is 2.35. The van der Waals surface area contributed by atoms with Crippen molar-refractivity contribution in [2.24, 2.45) is 0 Å². The average molecular weight is 287 g/mol. The van der Waals surface area contributed by atoms with E-state index in [0.717, 1.165) is 12.1 Å². The summed E-state index contributed by atoms with van der Waals surface area (Å²) in [4.78, 5) is 20.5. The molecule has 0 saturated heterocycles. The van der Waals surface area contributed by atoms with Crippen LogP contribution in [0.15, 0.2) is 29.2 Å². The molecule has 7 nitrogen and oxygen atoms in total. The maximum Gasteiger partial charge on any atom is 0.322 e. The second kappa shape index (κ2) is 5.79. The van der Waals surface area contributed by atoms with Crippen molar-refractivity contribution >= 4 is 21.5 Å². The first kappa shape index (κ1) is 15.1. The van der Waals surface area contributed by atoms with Gasteiger partial charge in [-0.2, -0.15) is 0 Å². The van der Waals surface area contributed by atoms with Crippen molar-refractivity contribution in [1.29, 1.82) is 0 Å². The van der Waals surface area contributed by atoms with E-state index in [1.54, 1.807) is 6.92 Å². The Labute approximate surface area is 109 Å². The standard InChI is InChI=1S/C11H13NO6S/c1-2-5-10(11(13)14)19(17,18)9-7-4-3-6-8(9)12(15)16/h3-4,6-7,10H,2,5H2,1H3,(H,13,14). The lowest BCUT2D eigenvalue weighted by Crippen LogP contribution is -2.30. The highest BCUT2D eigenvalue weighted by atomic mass is 32.2. The van der Waals surface area contributed by atoms with E-state index >= 15 is 0 Å². The molecule has 1 aromatic carbocycles. The number of nitrogens with zero attached hydrogens (tertiary/aromatic N) is 1. The van der Waals surface area contributed by atoms with Gasteiger partial charge >= 0.3 is 5.97 Å². The molecule has 0 fully saturated rings. The third-order valence-corrected chi connectivity index (χ3v) is 4.71. The van der Waals surface area contributed by atoms with Gasteiger partial charge in [-0.15, -0.1) is 0 Å². The molecule has 0 saturated carbocycles. The largest absolute Gasteiger partial charge is 0.480 e. The third-order valence-electron chi connectivity index (χ3n) is 2.57. The van der Waals surface area contributed by atoms with Crippen LogP contribution in [0.1, 0.15) is 19.8 Å². The predicted octanol–water partition coefficient (Wildman–Crippen LogP) is 1.62. The van der Waals surface area contributed by atoms with Crippen molar-refractivity contribution in [3.05, 3.63) is 34.4 Å². The van der Waals surface area contributed by atoms with E-state index in [4.69, 9.17) is 5.11 Å². The number of benzene rings is 1. The molecule has 0 spiro atoms. The second-order valence-corrected chi connectivity index (χ2v) is 5.98. The minimum Gasteiger partial charge on any atom is -0.480 e. The van der Waals surface area contributed by atoms with Crippen molar-refractivity contribution < 1.29 is 23.2 Å². The highest BCUT2D eigenvalue weighted by molar-refractivity contribution is 7.93. The summed E-state index contributed by atoms with van der Waals surface area (Å²) in [7, 11) is -4.28. The van der Waals surface area contributed by atoms with E-state index in [2.05, 4.69) is 0 Å². The Bertz CT molecular complexity index is 595. The van der Waals surface area contributed by atoms with E-state index in [1.807, 2.05) is 0 Å². The molecule has 0 aliphatic heterocycles. The number of carboxylic acid groups (broad SMARTS) is 1. The first-order valence-corrected chi connectivity index (χ1v) is 7.07. The Hall–Kier alpha value is -1.96. The number of nitro groups is 1.